The molecule has 0 amide bonds. The monoisotopic (exact) mass is 244 g/mol. The fraction of sp³-hybridized carbons (Fsp3) is 1.00. The first kappa shape index (κ1) is 11.9. The van der Waals surface area contributed by atoms with Crippen molar-refractivity contribution in [1.82, 2.24) is 0 Å². The van der Waals surface area contributed by atoms with Gasteiger partial charge in [0.2, 0.25) is 0 Å². The molecule has 0 N–H and O–H groups in total. The molecule has 17 heavy (non-hydrogen) atoms. The van der Waals surface area contributed by atoms with E-state index in [2.05, 4.69) is 0 Å². The Morgan fingerprint density at radius 2 is 1.18 bits per heavy atom. The highest BCUT2D eigenvalue weighted by Crippen LogP contribution is 2.40. The number of rotatable bonds is 2. The molecule has 4 atom stereocenters. The van der Waals surface area contributed by atoms with Crippen LogP contribution >= 0.6 is 0 Å². The molecule has 0 bridgehead atoms. The summed E-state index contributed by atoms with van der Waals surface area (Å²) in [4.78, 5) is 0. The van der Waals surface area contributed by atoms with Crippen molar-refractivity contribution in [2.45, 2.75) is 63.7 Å². The summed E-state index contributed by atoms with van der Waals surface area (Å²) in [6.07, 6.45) is 0.197. The van der Waals surface area contributed by atoms with E-state index >= 15 is 0 Å². The van der Waals surface area contributed by atoms with Crippen molar-refractivity contribution in [2.24, 2.45) is 0 Å². The van der Waals surface area contributed by atoms with Crippen molar-refractivity contribution in [3.63, 3.8) is 0 Å². The van der Waals surface area contributed by atoms with Crippen LogP contribution in [0.25, 0.3) is 0 Å². The molecule has 3 rings (SSSR count). The van der Waals surface area contributed by atoms with E-state index in [1.54, 1.807) is 0 Å². The van der Waals surface area contributed by atoms with E-state index in [0.717, 1.165) is 0 Å². The summed E-state index contributed by atoms with van der Waals surface area (Å²) >= 11 is 0. The molecule has 0 aromatic rings. The highest BCUT2D eigenvalue weighted by atomic mass is 16.8. The van der Waals surface area contributed by atoms with Crippen LogP contribution in [-0.2, 0) is 23.7 Å². The van der Waals surface area contributed by atoms with Crippen LogP contribution in [0.15, 0.2) is 0 Å². The Morgan fingerprint density at radius 3 is 1.47 bits per heavy atom. The molecule has 0 aromatic carbocycles. The summed E-state index contributed by atoms with van der Waals surface area (Å²) in [5, 5.41) is 0. The van der Waals surface area contributed by atoms with E-state index in [1.807, 2.05) is 27.7 Å². The normalized spacial score (nSPS) is 47.3. The van der Waals surface area contributed by atoms with Crippen LogP contribution in [0, 0.1) is 0 Å². The van der Waals surface area contributed by atoms with Crippen molar-refractivity contribution in [1.29, 1.82) is 0 Å². The van der Waals surface area contributed by atoms with Crippen molar-refractivity contribution in [3.05, 3.63) is 0 Å². The molecule has 0 radical (unpaired) electrons. The van der Waals surface area contributed by atoms with Crippen LogP contribution in [0.3, 0.4) is 0 Å². The van der Waals surface area contributed by atoms with Gasteiger partial charge in [-0.3, -0.25) is 0 Å². The lowest BCUT2D eigenvalue weighted by Gasteiger charge is -2.17. The minimum atomic E-state index is -0.493. The summed E-state index contributed by atoms with van der Waals surface area (Å²) < 4.78 is 28.3. The van der Waals surface area contributed by atoms with Crippen LogP contribution in [0.4, 0.5) is 0 Å². The zero-order valence-electron chi connectivity index (χ0n) is 10.8. The van der Waals surface area contributed by atoms with Gasteiger partial charge in [0.15, 0.2) is 11.6 Å². The van der Waals surface area contributed by atoms with Gasteiger partial charge in [-0.1, -0.05) is 0 Å². The SMILES string of the molecule is CC1(C)OC[C@H]([C@H]2O[C@@H]2[C@H]2COC(C)(C)O2)O1. The largest absolute Gasteiger partial charge is 0.364 e. The zero-order chi connectivity index (χ0) is 12.3. The predicted octanol–water partition coefficient (Wildman–Crippen LogP) is 1.06. The maximum Gasteiger partial charge on any atom is 0.163 e. The van der Waals surface area contributed by atoms with Gasteiger partial charge in [0, 0.05) is 0 Å². The number of ether oxygens (including phenoxy) is 5. The first-order chi connectivity index (χ1) is 7.86. The fourth-order valence-corrected chi connectivity index (χ4v) is 2.49. The molecule has 3 aliphatic heterocycles. The van der Waals surface area contributed by atoms with Gasteiger partial charge in [0.1, 0.15) is 24.4 Å². The lowest BCUT2D eigenvalue weighted by molar-refractivity contribution is -0.142. The Labute approximate surface area is 101 Å². The molecule has 3 saturated heterocycles. The Kier molecular flexibility index (Phi) is 2.55. The molecule has 98 valence electrons. The van der Waals surface area contributed by atoms with Crippen LogP contribution in [0.1, 0.15) is 27.7 Å². The average Bonchev–Trinajstić information content (AvgIpc) is 2.81. The molecule has 5 nitrogen and oxygen atoms in total. The number of hydrogen-bond acceptors (Lipinski definition) is 5. The topological polar surface area (TPSA) is 49.5 Å². The van der Waals surface area contributed by atoms with Gasteiger partial charge in [-0.25, -0.2) is 0 Å². The highest BCUT2D eigenvalue weighted by Gasteiger charge is 2.56. The van der Waals surface area contributed by atoms with Crippen LogP contribution in [-0.4, -0.2) is 49.2 Å². The number of hydrogen-bond donors (Lipinski definition) is 0. The summed E-state index contributed by atoms with van der Waals surface area (Å²) in [5.41, 5.74) is 0. The Bertz CT molecular complexity index is 284. The third-order valence-electron chi connectivity index (χ3n) is 3.36. The van der Waals surface area contributed by atoms with E-state index in [9.17, 15) is 0 Å². The van der Waals surface area contributed by atoms with Gasteiger partial charge in [0.05, 0.1) is 13.2 Å². The first-order valence-electron chi connectivity index (χ1n) is 6.15. The van der Waals surface area contributed by atoms with Gasteiger partial charge >= 0.3 is 0 Å². The zero-order valence-corrected chi connectivity index (χ0v) is 10.8. The molecule has 0 unspecified atom stereocenters. The van der Waals surface area contributed by atoms with Crippen LogP contribution in [0.2, 0.25) is 0 Å². The molecule has 3 heterocycles. The molecule has 0 spiro atoms. The number of epoxide rings is 1. The van der Waals surface area contributed by atoms with E-state index < -0.39 is 11.6 Å². The van der Waals surface area contributed by atoms with Crippen molar-refractivity contribution in [2.75, 3.05) is 13.2 Å². The second-order valence-electron chi connectivity index (χ2n) is 5.80. The highest BCUT2D eigenvalue weighted by molar-refractivity contribution is 5.00. The Hall–Kier alpha value is -0.200. The summed E-state index contributed by atoms with van der Waals surface area (Å²) in [6, 6.07) is 0. The minimum Gasteiger partial charge on any atom is -0.364 e. The van der Waals surface area contributed by atoms with Gasteiger partial charge in [0.25, 0.3) is 0 Å². The quantitative estimate of drug-likeness (QED) is 0.680. The lowest BCUT2D eigenvalue weighted by Crippen LogP contribution is -2.30. The maximum absolute atomic E-state index is 5.77. The van der Waals surface area contributed by atoms with E-state index in [0.29, 0.717) is 13.2 Å². The minimum absolute atomic E-state index is 0.0160. The second-order valence-corrected chi connectivity index (χ2v) is 5.80. The third-order valence-corrected chi connectivity index (χ3v) is 3.36. The van der Waals surface area contributed by atoms with E-state index in [4.69, 9.17) is 23.7 Å². The fourth-order valence-electron chi connectivity index (χ4n) is 2.49. The Balaban J connectivity index is 1.54. The van der Waals surface area contributed by atoms with Gasteiger partial charge < -0.3 is 23.7 Å². The van der Waals surface area contributed by atoms with Crippen molar-refractivity contribution >= 4 is 0 Å². The molecule has 0 aromatic heterocycles. The molecule has 0 aliphatic carbocycles. The van der Waals surface area contributed by atoms with E-state index in [1.165, 1.54) is 0 Å². The van der Waals surface area contributed by atoms with Crippen LogP contribution in [0.5, 0.6) is 0 Å². The second kappa shape index (κ2) is 3.65. The molecule has 0 saturated carbocycles. The smallest absolute Gasteiger partial charge is 0.163 e. The lowest BCUT2D eigenvalue weighted by atomic mass is 10.1. The summed E-state index contributed by atoms with van der Waals surface area (Å²) in [5.74, 6) is -0.985. The summed E-state index contributed by atoms with van der Waals surface area (Å²) in [7, 11) is 0. The molecule has 5 heteroatoms. The average molecular weight is 244 g/mol. The van der Waals surface area contributed by atoms with Gasteiger partial charge in [-0.05, 0) is 27.7 Å². The standard InChI is InChI=1S/C12H20O5/c1-11(2)13-5-7(16-11)9-10(15-9)8-6-14-12(3,4)17-8/h7-10H,5-6H2,1-4H3/t7-,8-,9-,10-/m1/s1. The van der Waals surface area contributed by atoms with Gasteiger partial charge in [-0.2, -0.15) is 0 Å². The van der Waals surface area contributed by atoms with Crippen molar-refractivity contribution < 1.29 is 23.7 Å². The first-order valence-corrected chi connectivity index (χ1v) is 6.15. The molecule has 3 fully saturated rings. The van der Waals surface area contributed by atoms with Crippen molar-refractivity contribution in [3.8, 4) is 0 Å². The summed E-state index contributed by atoms with van der Waals surface area (Å²) in [6.45, 7) is 8.85. The molecular formula is C12H20O5. The molecular weight excluding hydrogens is 224 g/mol. The van der Waals surface area contributed by atoms with E-state index in [-0.39, 0.29) is 24.4 Å². The predicted molar refractivity (Wildman–Crippen MR) is 58.5 cm³/mol. The molecule has 3 aliphatic rings. The maximum atomic E-state index is 5.77. The Morgan fingerprint density at radius 1 is 0.765 bits per heavy atom. The third kappa shape index (κ3) is 2.35. The van der Waals surface area contributed by atoms with Crippen LogP contribution < -0.4 is 0 Å². The van der Waals surface area contributed by atoms with Gasteiger partial charge in [-0.15, -0.1) is 0 Å².